The molecule has 2 amide bonds. The standard InChI is InChI=1S/C24H32N6O/c1-19-8-7-10-22(20(19)2)28-16-14-27(15-17-28)11-5-6-12-29(24(25)31)23-18-21-9-3-4-13-30(21)26-23/h3-4,7-10,13,18H,5-6,11-12,14-17H2,1-2H3,(H2,25,31). The van der Waals surface area contributed by atoms with E-state index in [4.69, 9.17) is 5.73 Å². The predicted octanol–water partition coefficient (Wildman–Crippen LogP) is 3.44. The predicted molar refractivity (Wildman–Crippen MR) is 126 cm³/mol. The lowest BCUT2D eigenvalue weighted by molar-refractivity contribution is 0.249. The lowest BCUT2D eigenvalue weighted by Crippen LogP contribution is -2.47. The number of nitrogens with zero attached hydrogens (tertiary/aromatic N) is 5. The summed E-state index contributed by atoms with van der Waals surface area (Å²) >= 11 is 0. The molecule has 4 rings (SSSR count). The van der Waals surface area contributed by atoms with Crippen molar-refractivity contribution in [1.29, 1.82) is 0 Å². The van der Waals surface area contributed by atoms with Crippen molar-refractivity contribution in [3.63, 3.8) is 0 Å². The number of hydrogen-bond donors (Lipinski definition) is 1. The Bertz CT molecular complexity index is 1000. The summed E-state index contributed by atoms with van der Waals surface area (Å²) < 4.78 is 1.76. The Kier molecular flexibility index (Phi) is 6.42. The lowest BCUT2D eigenvalue weighted by Gasteiger charge is -2.37. The molecular formula is C24H32N6O. The molecule has 0 atom stereocenters. The fourth-order valence-corrected chi connectivity index (χ4v) is 4.29. The number of benzene rings is 1. The quantitative estimate of drug-likeness (QED) is 0.595. The van der Waals surface area contributed by atoms with Crippen molar-refractivity contribution in [2.75, 3.05) is 49.1 Å². The van der Waals surface area contributed by atoms with E-state index in [2.05, 4.69) is 46.9 Å². The first-order valence-corrected chi connectivity index (χ1v) is 11.1. The van der Waals surface area contributed by atoms with Gasteiger partial charge in [0.05, 0.1) is 5.52 Å². The highest BCUT2D eigenvalue weighted by atomic mass is 16.2. The lowest BCUT2D eigenvalue weighted by atomic mass is 10.1. The minimum Gasteiger partial charge on any atom is -0.369 e. The van der Waals surface area contributed by atoms with Gasteiger partial charge in [-0.25, -0.2) is 9.31 Å². The number of primary amides is 1. The van der Waals surface area contributed by atoms with Gasteiger partial charge in [0.15, 0.2) is 5.82 Å². The Morgan fingerprint density at radius 1 is 1.06 bits per heavy atom. The van der Waals surface area contributed by atoms with Crippen LogP contribution in [0.15, 0.2) is 48.7 Å². The molecule has 1 aromatic carbocycles. The summed E-state index contributed by atoms with van der Waals surface area (Å²) in [5, 5.41) is 4.48. The van der Waals surface area contributed by atoms with Crippen LogP contribution in [0.4, 0.5) is 16.3 Å². The number of nitrogens with two attached hydrogens (primary N) is 1. The van der Waals surface area contributed by atoms with Crippen LogP contribution in [0.5, 0.6) is 0 Å². The van der Waals surface area contributed by atoms with Crippen molar-refractivity contribution < 1.29 is 4.79 Å². The van der Waals surface area contributed by atoms with E-state index in [1.807, 2.05) is 30.5 Å². The number of carbonyl (C=O) groups excluding carboxylic acids is 1. The van der Waals surface area contributed by atoms with Crippen LogP contribution in [0.1, 0.15) is 24.0 Å². The zero-order chi connectivity index (χ0) is 21.8. The van der Waals surface area contributed by atoms with E-state index in [1.54, 1.807) is 9.42 Å². The summed E-state index contributed by atoms with van der Waals surface area (Å²) in [5.74, 6) is 0.612. The van der Waals surface area contributed by atoms with Crippen LogP contribution in [-0.4, -0.2) is 59.8 Å². The van der Waals surface area contributed by atoms with Gasteiger partial charge in [0.2, 0.25) is 0 Å². The van der Waals surface area contributed by atoms with Crippen LogP contribution >= 0.6 is 0 Å². The highest BCUT2D eigenvalue weighted by Gasteiger charge is 2.19. The first-order valence-electron chi connectivity index (χ1n) is 11.1. The second-order valence-corrected chi connectivity index (χ2v) is 8.32. The molecule has 0 unspecified atom stereocenters. The summed E-state index contributed by atoms with van der Waals surface area (Å²) in [6.45, 7) is 10.3. The molecule has 0 saturated carbocycles. The third kappa shape index (κ3) is 4.82. The molecule has 1 aliphatic rings. The fourth-order valence-electron chi connectivity index (χ4n) is 4.29. The topological polar surface area (TPSA) is 70.1 Å². The molecule has 3 aromatic rings. The maximum atomic E-state index is 12.0. The van der Waals surface area contributed by atoms with E-state index in [1.165, 1.54) is 16.8 Å². The number of unbranched alkanes of at least 4 members (excludes halogenated alkanes) is 1. The molecule has 164 valence electrons. The van der Waals surface area contributed by atoms with Crippen LogP contribution < -0.4 is 15.5 Å². The van der Waals surface area contributed by atoms with Crippen LogP contribution in [0.2, 0.25) is 0 Å². The molecule has 0 bridgehead atoms. The van der Waals surface area contributed by atoms with Crippen LogP contribution in [-0.2, 0) is 0 Å². The molecule has 1 saturated heterocycles. The van der Waals surface area contributed by atoms with Crippen molar-refractivity contribution in [2.45, 2.75) is 26.7 Å². The van der Waals surface area contributed by atoms with Gasteiger partial charge in [-0.05, 0) is 62.6 Å². The number of piperazine rings is 1. The summed E-state index contributed by atoms with van der Waals surface area (Å²) in [7, 11) is 0. The molecule has 2 N–H and O–H groups in total. The number of anilines is 2. The Morgan fingerprint density at radius 3 is 2.61 bits per heavy atom. The number of amides is 2. The molecule has 1 aliphatic heterocycles. The third-order valence-electron chi connectivity index (χ3n) is 6.29. The Morgan fingerprint density at radius 2 is 1.87 bits per heavy atom. The zero-order valence-electron chi connectivity index (χ0n) is 18.5. The minimum absolute atomic E-state index is 0.453. The van der Waals surface area contributed by atoms with Gasteiger partial charge in [0.25, 0.3) is 0 Å². The molecule has 3 heterocycles. The SMILES string of the molecule is Cc1cccc(N2CCN(CCCCN(C(N)=O)c3cc4ccccn4n3)CC2)c1C. The molecule has 2 aromatic heterocycles. The van der Waals surface area contributed by atoms with E-state index >= 15 is 0 Å². The number of fused-ring (bicyclic) bond motifs is 1. The Labute approximate surface area is 184 Å². The first-order chi connectivity index (χ1) is 15.0. The molecule has 31 heavy (non-hydrogen) atoms. The van der Waals surface area contributed by atoms with E-state index < -0.39 is 6.03 Å². The van der Waals surface area contributed by atoms with Gasteiger partial charge in [-0.1, -0.05) is 18.2 Å². The highest BCUT2D eigenvalue weighted by Crippen LogP contribution is 2.24. The van der Waals surface area contributed by atoms with Crippen LogP contribution in [0.25, 0.3) is 5.52 Å². The Hall–Kier alpha value is -3.06. The van der Waals surface area contributed by atoms with Crippen LogP contribution in [0.3, 0.4) is 0 Å². The number of carbonyl (C=O) groups is 1. The molecule has 1 fully saturated rings. The van der Waals surface area contributed by atoms with Gasteiger partial charge in [-0.3, -0.25) is 9.80 Å². The molecule has 0 aliphatic carbocycles. The average Bonchev–Trinajstić information content (AvgIpc) is 3.19. The largest absolute Gasteiger partial charge is 0.369 e. The van der Waals surface area contributed by atoms with E-state index in [0.717, 1.165) is 51.1 Å². The van der Waals surface area contributed by atoms with Crippen LogP contribution in [0, 0.1) is 13.8 Å². The smallest absolute Gasteiger partial charge is 0.320 e. The first kappa shape index (κ1) is 21.2. The van der Waals surface area contributed by atoms with Gasteiger partial charge in [0.1, 0.15) is 0 Å². The normalized spacial score (nSPS) is 14.8. The number of hydrogen-bond acceptors (Lipinski definition) is 4. The van der Waals surface area contributed by atoms with E-state index in [-0.39, 0.29) is 0 Å². The summed E-state index contributed by atoms with van der Waals surface area (Å²) in [6.07, 6.45) is 3.80. The van der Waals surface area contributed by atoms with Crippen molar-refractivity contribution in [3.8, 4) is 0 Å². The number of pyridine rings is 1. The van der Waals surface area contributed by atoms with Gasteiger partial charge in [-0.2, -0.15) is 0 Å². The summed E-state index contributed by atoms with van der Waals surface area (Å²) in [6, 6.07) is 13.8. The number of urea groups is 1. The number of aromatic nitrogens is 2. The average molecular weight is 421 g/mol. The molecule has 0 spiro atoms. The fraction of sp³-hybridized carbons (Fsp3) is 0.417. The number of rotatable bonds is 7. The van der Waals surface area contributed by atoms with Crippen molar-refractivity contribution in [1.82, 2.24) is 14.5 Å². The zero-order valence-corrected chi connectivity index (χ0v) is 18.5. The van der Waals surface area contributed by atoms with Crippen molar-refractivity contribution >= 4 is 23.1 Å². The van der Waals surface area contributed by atoms with Gasteiger partial charge in [-0.15, -0.1) is 5.10 Å². The van der Waals surface area contributed by atoms with Gasteiger partial charge < -0.3 is 10.6 Å². The van der Waals surface area contributed by atoms with E-state index in [0.29, 0.717) is 12.4 Å². The van der Waals surface area contributed by atoms with Crippen molar-refractivity contribution in [2.24, 2.45) is 5.73 Å². The molecular weight excluding hydrogens is 388 g/mol. The highest BCUT2D eigenvalue weighted by molar-refractivity contribution is 5.90. The molecule has 0 radical (unpaired) electrons. The maximum Gasteiger partial charge on any atom is 0.320 e. The monoisotopic (exact) mass is 420 g/mol. The van der Waals surface area contributed by atoms with Gasteiger partial charge in [0, 0.05) is 50.7 Å². The summed E-state index contributed by atoms with van der Waals surface area (Å²) in [4.78, 5) is 18.6. The molecule has 7 heteroatoms. The molecule has 7 nitrogen and oxygen atoms in total. The summed E-state index contributed by atoms with van der Waals surface area (Å²) in [5.41, 5.74) is 10.7. The minimum atomic E-state index is -0.453. The van der Waals surface area contributed by atoms with E-state index in [9.17, 15) is 4.79 Å². The third-order valence-corrected chi connectivity index (χ3v) is 6.29. The van der Waals surface area contributed by atoms with Gasteiger partial charge >= 0.3 is 6.03 Å². The maximum absolute atomic E-state index is 12.0. The van der Waals surface area contributed by atoms with Crippen molar-refractivity contribution in [3.05, 3.63) is 59.8 Å². The Balaban J connectivity index is 1.25. The second-order valence-electron chi connectivity index (χ2n) is 8.32. The second kappa shape index (κ2) is 9.39. The number of aryl methyl sites for hydroxylation is 1.